The highest BCUT2D eigenvalue weighted by Crippen LogP contribution is 2.20. The molecule has 0 fully saturated rings. The van der Waals surface area contributed by atoms with Crippen LogP contribution in [0.5, 0.6) is 0 Å². The van der Waals surface area contributed by atoms with Gasteiger partial charge in [0.25, 0.3) is 0 Å². The standard InChI is InChI=1S/C6H7BrO2/c1-6(4-7)5(8)2-3-9-6/h2-3H,4H2,1H3. The number of ether oxygens (including phenoxy) is 1. The first-order valence-corrected chi connectivity index (χ1v) is 3.76. The third-order valence-electron chi connectivity index (χ3n) is 1.32. The molecule has 0 aromatic carbocycles. The van der Waals surface area contributed by atoms with Gasteiger partial charge in [0.2, 0.25) is 5.78 Å². The first-order valence-electron chi connectivity index (χ1n) is 2.64. The Morgan fingerprint density at radius 3 is 2.78 bits per heavy atom. The van der Waals surface area contributed by atoms with Gasteiger partial charge in [-0.05, 0) is 6.92 Å². The van der Waals surface area contributed by atoms with Crippen molar-refractivity contribution < 1.29 is 9.53 Å². The van der Waals surface area contributed by atoms with Gasteiger partial charge in [0, 0.05) is 6.08 Å². The highest BCUT2D eigenvalue weighted by atomic mass is 79.9. The van der Waals surface area contributed by atoms with Gasteiger partial charge in [0.15, 0.2) is 5.60 Å². The van der Waals surface area contributed by atoms with Crippen LogP contribution < -0.4 is 0 Å². The molecular weight excluding hydrogens is 184 g/mol. The van der Waals surface area contributed by atoms with E-state index in [1.807, 2.05) is 0 Å². The second kappa shape index (κ2) is 2.14. The Hall–Kier alpha value is -0.310. The Kier molecular flexibility index (Phi) is 1.62. The zero-order chi connectivity index (χ0) is 6.91. The van der Waals surface area contributed by atoms with Crippen LogP contribution in [-0.2, 0) is 9.53 Å². The zero-order valence-corrected chi connectivity index (χ0v) is 6.64. The van der Waals surface area contributed by atoms with E-state index in [2.05, 4.69) is 15.9 Å². The molecule has 1 aliphatic heterocycles. The zero-order valence-electron chi connectivity index (χ0n) is 5.06. The minimum atomic E-state index is -0.639. The molecule has 1 unspecified atom stereocenters. The maximum atomic E-state index is 10.9. The molecule has 1 atom stereocenters. The molecule has 0 amide bonds. The number of rotatable bonds is 1. The van der Waals surface area contributed by atoms with Crippen molar-refractivity contribution in [1.29, 1.82) is 0 Å². The van der Waals surface area contributed by atoms with Gasteiger partial charge in [-0.3, -0.25) is 4.79 Å². The summed E-state index contributed by atoms with van der Waals surface area (Å²) in [4.78, 5) is 10.9. The minimum absolute atomic E-state index is 0.0272. The number of halogens is 1. The average Bonchev–Trinajstić information content (AvgIpc) is 2.15. The summed E-state index contributed by atoms with van der Waals surface area (Å²) in [6.07, 6.45) is 2.88. The van der Waals surface area contributed by atoms with Crippen LogP contribution in [0.15, 0.2) is 12.3 Å². The number of hydrogen-bond acceptors (Lipinski definition) is 2. The first-order chi connectivity index (χ1) is 4.19. The number of carbonyl (C=O) groups excluding carboxylic acids is 1. The number of carbonyl (C=O) groups is 1. The fourth-order valence-electron chi connectivity index (χ4n) is 0.578. The second-order valence-electron chi connectivity index (χ2n) is 2.15. The lowest BCUT2D eigenvalue weighted by atomic mass is 10.1. The second-order valence-corrected chi connectivity index (χ2v) is 2.71. The molecular formula is C6H7BrO2. The number of hydrogen-bond donors (Lipinski definition) is 0. The van der Waals surface area contributed by atoms with Crippen molar-refractivity contribution in [2.45, 2.75) is 12.5 Å². The quantitative estimate of drug-likeness (QED) is 0.583. The summed E-state index contributed by atoms with van der Waals surface area (Å²) in [7, 11) is 0. The fourth-order valence-corrected chi connectivity index (χ4v) is 0.986. The molecule has 0 aromatic rings. The molecule has 2 nitrogen and oxygen atoms in total. The van der Waals surface area contributed by atoms with E-state index in [-0.39, 0.29) is 5.78 Å². The summed E-state index contributed by atoms with van der Waals surface area (Å²) in [5.74, 6) is 0.0272. The van der Waals surface area contributed by atoms with Crippen molar-refractivity contribution in [2.75, 3.05) is 5.33 Å². The predicted molar refractivity (Wildman–Crippen MR) is 37.4 cm³/mol. The van der Waals surface area contributed by atoms with Crippen molar-refractivity contribution in [3.05, 3.63) is 12.3 Å². The van der Waals surface area contributed by atoms with E-state index >= 15 is 0 Å². The molecule has 0 saturated carbocycles. The summed E-state index contributed by atoms with van der Waals surface area (Å²) in [6, 6.07) is 0. The average molecular weight is 191 g/mol. The van der Waals surface area contributed by atoms with Gasteiger partial charge >= 0.3 is 0 Å². The molecule has 1 heterocycles. The highest BCUT2D eigenvalue weighted by molar-refractivity contribution is 9.09. The molecule has 3 heteroatoms. The van der Waals surface area contributed by atoms with E-state index in [1.54, 1.807) is 6.92 Å². The Bertz CT molecular complexity index is 164. The van der Waals surface area contributed by atoms with E-state index in [1.165, 1.54) is 12.3 Å². The largest absolute Gasteiger partial charge is 0.486 e. The molecule has 0 bridgehead atoms. The summed E-state index contributed by atoms with van der Waals surface area (Å²) in [5, 5.41) is 0.547. The van der Waals surface area contributed by atoms with Crippen LogP contribution in [-0.4, -0.2) is 16.7 Å². The molecule has 0 radical (unpaired) electrons. The van der Waals surface area contributed by atoms with E-state index in [9.17, 15) is 4.79 Å². The Labute approximate surface area is 62.0 Å². The van der Waals surface area contributed by atoms with E-state index in [4.69, 9.17) is 4.74 Å². The van der Waals surface area contributed by atoms with Crippen LogP contribution >= 0.6 is 15.9 Å². The van der Waals surface area contributed by atoms with Crippen molar-refractivity contribution in [3.8, 4) is 0 Å². The van der Waals surface area contributed by atoms with Gasteiger partial charge < -0.3 is 4.74 Å². The Morgan fingerprint density at radius 1 is 1.89 bits per heavy atom. The van der Waals surface area contributed by atoms with Gasteiger partial charge in [-0.15, -0.1) is 0 Å². The lowest BCUT2D eigenvalue weighted by Crippen LogP contribution is -2.33. The summed E-state index contributed by atoms with van der Waals surface area (Å²) >= 11 is 3.19. The third kappa shape index (κ3) is 1.01. The van der Waals surface area contributed by atoms with Crippen molar-refractivity contribution in [2.24, 2.45) is 0 Å². The van der Waals surface area contributed by atoms with Gasteiger partial charge in [-0.2, -0.15) is 0 Å². The van der Waals surface area contributed by atoms with Gasteiger partial charge in [0.05, 0.1) is 11.6 Å². The predicted octanol–water partition coefficient (Wildman–Crippen LogP) is 1.25. The van der Waals surface area contributed by atoms with Crippen LogP contribution in [0.2, 0.25) is 0 Å². The molecule has 1 rings (SSSR count). The molecule has 0 aliphatic carbocycles. The lowest BCUT2D eigenvalue weighted by molar-refractivity contribution is -0.125. The summed E-state index contributed by atoms with van der Waals surface area (Å²) < 4.78 is 5.02. The van der Waals surface area contributed by atoms with Crippen molar-refractivity contribution in [3.63, 3.8) is 0 Å². The van der Waals surface area contributed by atoms with Crippen LogP contribution in [0.25, 0.3) is 0 Å². The molecule has 0 saturated heterocycles. The van der Waals surface area contributed by atoms with Gasteiger partial charge in [0.1, 0.15) is 0 Å². The van der Waals surface area contributed by atoms with Crippen molar-refractivity contribution >= 4 is 21.7 Å². The fraction of sp³-hybridized carbons (Fsp3) is 0.500. The Balaban J connectivity index is 2.74. The summed E-state index contributed by atoms with van der Waals surface area (Å²) in [6.45, 7) is 1.75. The van der Waals surface area contributed by atoms with E-state index in [0.29, 0.717) is 5.33 Å². The van der Waals surface area contributed by atoms with Crippen LogP contribution in [0.3, 0.4) is 0 Å². The molecule has 50 valence electrons. The third-order valence-corrected chi connectivity index (χ3v) is 2.39. The van der Waals surface area contributed by atoms with Crippen LogP contribution in [0.1, 0.15) is 6.92 Å². The highest BCUT2D eigenvalue weighted by Gasteiger charge is 2.34. The van der Waals surface area contributed by atoms with E-state index < -0.39 is 5.60 Å². The molecule has 9 heavy (non-hydrogen) atoms. The lowest BCUT2D eigenvalue weighted by Gasteiger charge is -2.17. The summed E-state index contributed by atoms with van der Waals surface area (Å²) in [5.41, 5.74) is -0.639. The number of ketones is 1. The molecule has 0 N–H and O–H groups in total. The SMILES string of the molecule is CC1(CBr)OC=CC1=O. The minimum Gasteiger partial charge on any atom is -0.486 e. The topological polar surface area (TPSA) is 26.3 Å². The van der Waals surface area contributed by atoms with Crippen molar-refractivity contribution in [1.82, 2.24) is 0 Å². The maximum Gasteiger partial charge on any atom is 0.202 e. The van der Waals surface area contributed by atoms with Gasteiger partial charge in [-0.1, -0.05) is 15.9 Å². The van der Waals surface area contributed by atoms with Crippen LogP contribution in [0.4, 0.5) is 0 Å². The smallest absolute Gasteiger partial charge is 0.202 e. The first kappa shape index (κ1) is 6.81. The molecule has 0 spiro atoms. The molecule has 1 aliphatic rings. The molecule has 0 aromatic heterocycles. The van der Waals surface area contributed by atoms with Gasteiger partial charge in [-0.25, -0.2) is 0 Å². The Morgan fingerprint density at radius 2 is 2.56 bits per heavy atom. The van der Waals surface area contributed by atoms with Crippen LogP contribution in [0, 0.1) is 0 Å². The number of alkyl halides is 1. The van der Waals surface area contributed by atoms with E-state index in [0.717, 1.165) is 0 Å². The normalized spacial score (nSPS) is 32.9. The monoisotopic (exact) mass is 190 g/mol. The maximum absolute atomic E-state index is 10.9.